The van der Waals surface area contributed by atoms with Crippen LogP contribution in [0.15, 0.2) is 50.6 Å². The van der Waals surface area contributed by atoms with Crippen molar-refractivity contribution in [3.63, 3.8) is 0 Å². The van der Waals surface area contributed by atoms with E-state index in [0.29, 0.717) is 17.4 Å². The maximum Gasteiger partial charge on any atom is 0.0942 e. The van der Waals surface area contributed by atoms with Crippen LogP contribution in [0, 0.1) is 0 Å². The lowest BCUT2D eigenvalue weighted by Crippen LogP contribution is -2.83. The molecule has 0 aliphatic carbocycles. The lowest BCUT2D eigenvalue weighted by Gasteiger charge is -2.25. The Labute approximate surface area is 116 Å². The molecule has 0 radical (unpaired) electrons. The average molecular weight is 270 g/mol. The van der Waals surface area contributed by atoms with Gasteiger partial charge in [0.05, 0.1) is 13.1 Å². The lowest BCUT2D eigenvalue weighted by atomic mass is 10.5. The minimum Gasteiger partial charge on any atom is -0.411 e. The molecule has 0 bridgehead atoms. The molecular weight excluding hydrogens is 248 g/mol. The van der Waals surface area contributed by atoms with Gasteiger partial charge in [-0.2, -0.15) is 0 Å². The molecule has 2 N–H and O–H groups in total. The zero-order chi connectivity index (χ0) is 13.5. The fourth-order valence-electron chi connectivity index (χ4n) is 0.867. The summed E-state index contributed by atoms with van der Waals surface area (Å²) in [6, 6.07) is 0. The van der Waals surface area contributed by atoms with Crippen LogP contribution in [0.1, 0.15) is 0 Å². The monoisotopic (exact) mass is 270 g/mol. The standard InChI is InChI=1S/C7H11NS2.C6H11N/c1-3-5-8(6-4-2)7(9)10;1-3-5-7-6-4-2/h3-4H,1-2,5-6H2,(H,9,10);3-4,7H,1-2,5-6H2. The number of hydrogen-bond donors (Lipinski definition) is 1. The molecule has 0 amide bonds. The van der Waals surface area contributed by atoms with Crippen LogP contribution in [0.3, 0.4) is 0 Å². The van der Waals surface area contributed by atoms with Gasteiger partial charge in [-0.05, 0) is 12.2 Å². The van der Waals surface area contributed by atoms with Crippen LogP contribution in [0.25, 0.3) is 0 Å². The van der Waals surface area contributed by atoms with Crippen LogP contribution in [0.5, 0.6) is 0 Å². The number of hydrogen-bond acceptors (Lipinski definition) is 2. The predicted octanol–water partition coefficient (Wildman–Crippen LogP) is 1.41. The van der Waals surface area contributed by atoms with Gasteiger partial charge in [-0.3, -0.25) is 0 Å². The van der Waals surface area contributed by atoms with E-state index in [2.05, 4.69) is 31.6 Å². The zero-order valence-corrected chi connectivity index (χ0v) is 11.9. The fourth-order valence-corrected chi connectivity index (χ4v) is 1.17. The smallest absolute Gasteiger partial charge is 0.0942 e. The molecule has 0 saturated carbocycles. The summed E-state index contributed by atoms with van der Waals surface area (Å²) in [5.74, 6) is 0. The van der Waals surface area contributed by atoms with Gasteiger partial charge in [0.1, 0.15) is 0 Å². The Bertz CT molecular complexity index is 232. The van der Waals surface area contributed by atoms with Crippen LogP contribution in [0.4, 0.5) is 0 Å². The molecule has 0 aliphatic heterocycles. The van der Waals surface area contributed by atoms with Crippen LogP contribution < -0.4 is 5.32 Å². The molecule has 17 heavy (non-hydrogen) atoms. The summed E-state index contributed by atoms with van der Waals surface area (Å²) >= 11 is 9.59. The summed E-state index contributed by atoms with van der Waals surface area (Å²) in [5, 5.41) is 2.12. The van der Waals surface area contributed by atoms with Gasteiger partial charge in [0.15, 0.2) is 0 Å². The Hall–Kier alpha value is -0.970. The van der Waals surface area contributed by atoms with Crippen molar-refractivity contribution in [2.24, 2.45) is 0 Å². The van der Waals surface area contributed by atoms with Crippen molar-refractivity contribution in [2.75, 3.05) is 26.2 Å². The van der Waals surface area contributed by atoms with Gasteiger partial charge in [0.25, 0.3) is 0 Å². The van der Waals surface area contributed by atoms with Gasteiger partial charge < -0.3 is 35.1 Å². The molecule has 96 valence electrons. The minimum absolute atomic E-state index is 0.472. The van der Waals surface area contributed by atoms with E-state index in [4.69, 9.17) is 24.8 Å². The summed E-state index contributed by atoms with van der Waals surface area (Å²) in [7, 11) is 0. The largest absolute Gasteiger partial charge is 0.411 e. The summed E-state index contributed by atoms with van der Waals surface area (Å²) in [5.41, 5.74) is 0. The van der Waals surface area contributed by atoms with Crippen molar-refractivity contribution in [2.45, 2.75) is 0 Å². The van der Waals surface area contributed by atoms with Crippen molar-refractivity contribution in [1.82, 2.24) is 4.90 Å². The topological polar surface area (TPSA) is 19.9 Å². The van der Waals surface area contributed by atoms with Gasteiger partial charge in [-0.1, -0.05) is 29.6 Å². The van der Waals surface area contributed by atoms with Gasteiger partial charge in [0.2, 0.25) is 0 Å². The van der Waals surface area contributed by atoms with Crippen LogP contribution in [-0.4, -0.2) is 35.4 Å². The molecule has 0 unspecified atom stereocenters. The molecule has 0 spiro atoms. The molecule has 0 rings (SSSR count). The number of rotatable bonds is 8. The molecule has 4 heteroatoms. The van der Waals surface area contributed by atoms with Crippen molar-refractivity contribution >= 4 is 29.2 Å². The Morgan fingerprint density at radius 3 is 1.65 bits per heavy atom. The van der Waals surface area contributed by atoms with Crippen LogP contribution in [-0.2, 0) is 12.6 Å². The van der Waals surface area contributed by atoms with E-state index in [0.717, 1.165) is 13.1 Å². The Balaban J connectivity index is 0. The molecule has 0 aromatic carbocycles. The number of nitrogens with two attached hydrogens (primary N) is 1. The molecule has 0 aliphatic rings. The highest BCUT2D eigenvalue weighted by atomic mass is 32.1. The highest BCUT2D eigenvalue weighted by Crippen LogP contribution is 1.90. The second-order valence-corrected chi connectivity index (χ2v) is 4.12. The first-order chi connectivity index (χ1) is 8.13. The van der Waals surface area contributed by atoms with E-state index in [-0.39, 0.29) is 0 Å². The Morgan fingerprint density at radius 2 is 1.41 bits per heavy atom. The summed E-state index contributed by atoms with van der Waals surface area (Å²) < 4.78 is 0.472. The summed E-state index contributed by atoms with van der Waals surface area (Å²) in [6.07, 6.45) is 7.29. The Morgan fingerprint density at radius 1 is 1.00 bits per heavy atom. The van der Waals surface area contributed by atoms with Gasteiger partial charge in [-0.25, -0.2) is 0 Å². The normalized spacial score (nSPS) is 8.24. The molecule has 0 heterocycles. The SMILES string of the molecule is C=CCN(CC=C)C(=S)[S-].C=CC[NH2+]CC=C. The third kappa shape index (κ3) is 15.0. The van der Waals surface area contributed by atoms with Gasteiger partial charge in [0, 0.05) is 13.1 Å². The molecule has 0 saturated heterocycles. The second kappa shape index (κ2) is 15.0. The third-order valence-electron chi connectivity index (χ3n) is 1.62. The quantitative estimate of drug-likeness (QED) is 0.312. The van der Waals surface area contributed by atoms with Crippen molar-refractivity contribution in [1.29, 1.82) is 0 Å². The first-order valence-electron chi connectivity index (χ1n) is 5.35. The minimum atomic E-state index is 0.472. The molecule has 0 aromatic rings. The van der Waals surface area contributed by atoms with E-state index in [1.165, 1.54) is 0 Å². The van der Waals surface area contributed by atoms with E-state index in [1.807, 2.05) is 17.1 Å². The number of thiocarbonyl (C=S) groups is 1. The Kier molecular flexibility index (Phi) is 16.3. The van der Waals surface area contributed by atoms with E-state index < -0.39 is 0 Å². The predicted molar refractivity (Wildman–Crippen MR) is 84.0 cm³/mol. The second-order valence-electron chi connectivity index (χ2n) is 3.09. The van der Waals surface area contributed by atoms with Crippen molar-refractivity contribution < 1.29 is 5.32 Å². The average Bonchev–Trinajstić information content (AvgIpc) is 2.30. The molecule has 0 aromatic heterocycles. The first-order valence-corrected chi connectivity index (χ1v) is 6.16. The number of quaternary nitrogens is 1. The maximum atomic E-state index is 4.79. The molecule has 2 nitrogen and oxygen atoms in total. The van der Waals surface area contributed by atoms with Crippen molar-refractivity contribution in [3.05, 3.63) is 50.6 Å². The first kappa shape index (κ1) is 18.4. The highest BCUT2D eigenvalue weighted by molar-refractivity contribution is 8.00. The zero-order valence-electron chi connectivity index (χ0n) is 10.3. The molecule has 0 atom stereocenters. The van der Waals surface area contributed by atoms with Gasteiger partial charge in [-0.15, -0.1) is 13.2 Å². The molecule has 0 fully saturated rings. The third-order valence-corrected chi connectivity index (χ3v) is 2.14. The highest BCUT2D eigenvalue weighted by Gasteiger charge is 1.92. The number of nitrogens with zero attached hydrogens (tertiary/aromatic N) is 1. The maximum absolute atomic E-state index is 4.79. The molecular formula is C13H22N2S2. The fraction of sp³-hybridized carbons (Fsp3) is 0.308. The summed E-state index contributed by atoms with van der Waals surface area (Å²) in [4.78, 5) is 1.84. The van der Waals surface area contributed by atoms with E-state index in [9.17, 15) is 0 Å². The van der Waals surface area contributed by atoms with Crippen LogP contribution >= 0.6 is 12.2 Å². The van der Waals surface area contributed by atoms with E-state index in [1.54, 1.807) is 12.2 Å². The lowest BCUT2D eigenvalue weighted by molar-refractivity contribution is -0.636. The van der Waals surface area contributed by atoms with E-state index >= 15 is 0 Å². The summed E-state index contributed by atoms with van der Waals surface area (Å²) in [6.45, 7) is 17.7. The van der Waals surface area contributed by atoms with Crippen LogP contribution in [0.2, 0.25) is 0 Å². The van der Waals surface area contributed by atoms with Crippen molar-refractivity contribution in [3.8, 4) is 0 Å². The van der Waals surface area contributed by atoms with Gasteiger partial charge >= 0.3 is 0 Å².